The second kappa shape index (κ2) is 8.07. The number of carbonyl (C=O) groups excluding carboxylic acids is 1. The Morgan fingerprint density at radius 2 is 2.15 bits per heavy atom. The predicted molar refractivity (Wildman–Crippen MR) is 101 cm³/mol. The van der Waals surface area contributed by atoms with Crippen LogP contribution in [0.2, 0.25) is 0 Å². The molecule has 2 aromatic heterocycles. The SMILES string of the molecule is CCn1nccc1C(C)NC(=O)c1noc(C)c1COc1cccc(C)c1. The Bertz CT molecular complexity index is 929. The first-order chi connectivity index (χ1) is 13.0. The summed E-state index contributed by atoms with van der Waals surface area (Å²) in [6.45, 7) is 8.64. The Hall–Kier alpha value is -3.09. The summed E-state index contributed by atoms with van der Waals surface area (Å²) >= 11 is 0. The van der Waals surface area contributed by atoms with Crippen LogP contribution >= 0.6 is 0 Å². The van der Waals surface area contributed by atoms with E-state index in [1.807, 2.05) is 55.8 Å². The van der Waals surface area contributed by atoms with Crippen molar-refractivity contribution in [2.75, 3.05) is 0 Å². The third-order valence-electron chi connectivity index (χ3n) is 4.41. The molecule has 7 heteroatoms. The van der Waals surface area contributed by atoms with E-state index in [0.29, 0.717) is 11.3 Å². The van der Waals surface area contributed by atoms with Crippen LogP contribution in [0.1, 0.15) is 53.0 Å². The van der Waals surface area contributed by atoms with Crippen LogP contribution < -0.4 is 10.1 Å². The van der Waals surface area contributed by atoms with E-state index in [4.69, 9.17) is 9.26 Å². The Morgan fingerprint density at radius 3 is 2.89 bits per heavy atom. The topological polar surface area (TPSA) is 82.2 Å². The van der Waals surface area contributed by atoms with Crippen molar-refractivity contribution in [2.24, 2.45) is 0 Å². The van der Waals surface area contributed by atoms with Gasteiger partial charge in [-0.05, 0) is 51.5 Å². The summed E-state index contributed by atoms with van der Waals surface area (Å²) in [6.07, 6.45) is 1.73. The molecule has 0 spiro atoms. The molecule has 0 aliphatic carbocycles. The van der Waals surface area contributed by atoms with Crippen molar-refractivity contribution in [1.82, 2.24) is 20.3 Å². The highest BCUT2D eigenvalue weighted by molar-refractivity contribution is 5.94. The van der Waals surface area contributed by atoms with Crippen LogP contribution in [0.25, 0.3) is 0 Å². The standard InChI is InChI=1S/C20H24N4O3/c1-5-24-18(9-10-21-24)14(3)22-20(25)19-17(15(4)27-23-19)12-26-16-8-6-7-13(2)11-16/h6-11,14H,5,12H2,1-4H3,(H,22,25). The summed E-state index contributed by atoms with van der Waals surface area (Å²) in [5.41, 5.74) is 2.93. The quantitative estimate of drug-likeness (QED) is 0.689. The molecule has 0 saturated heterocycles. The molecule has 0 radical (unpaired) electrons. The van der Waals surface area contributed by atoms with Gasteiger partial charge in [0.05, 0.1) is 17.3 Å². The zero-order chi connectivity index (χ0) is 19.4. The van der Waals surface area contributed by atoms with Gasteiger partial charge >= 0.3 is 0 Å². The maximum Gasteiger partial charge on any atom is 0.274 e. The third kappa shape index (κ3) is 4.19. The molecular weight excluding hydrogens is 344 g/mol. The highest BCUT2D eigenvalue weighted by Crippen LogP contribution is 2.20. The fourth-order valence-electron chi connectivity index (χ4n) is 2.91. The molecular formula is C20H24N4O3. The molecule has 142 valence electrons. The Labute approximate surface area is 158 Å². The summed E-state index contributed by atoms with van der Waals surface area (Å²) in [7, 11) is 0. The smallest absolute Gasteiger partial charge is 0.274 e. The summed E-state index contributed by atoms with van der Waals surface area (Å²) < 4.78 is 12.9. The van der Waals surface area contributed by atoms with Crippen LogP contribution in [-0.2, 0) is 13.2 Å². The average molecular weight is 368 g/mol. The van der Waals surface area contributed by atoms with Gasteiger partial charge in [-0.15, -0.1) is 0 Å². The first-order valence-corrected chi connectivity index (χ1v) is 8.96. The molecule has 1 unspecified atom stereocenters. The van der Waals surface area contributed by atoms with E-state index < -0.39 is 0 Å². The maximum absolute atomic E-state index is 12.7. The van der Waals surface area contributed by atoms with Gasteiger partial charge < -0.3 is 14.6 Å². The Morgan fingerprint density at radius 1 is 1.33 bits per heavy atom. The Balaban J connectivity index is 1.72. The van der Waals surface area contributed by atoms with Crippen molar-refractivity contribution in [3.05, 3.63) is 64.8 Å². The van der Waals surface area contributed by atoms with Crippen LogP contribution in [0.3, 0.4) is 0 Å². The minimum atomic E-state index is -0.300. The molecule has 0 aliphatic heterocycles. The minimum Gasteiger partial charge on any atom is -0.489 e. The zero-order valence-electron chi connectivity index (χ0n) is 16.0. The van der Waals surface area contributed by atoms with Crippen molar-refractivity contribution in [3.63, 3.8) is 0 Å². The van der Waals surface area contributed by atoms with Crippen LogP contribution in [0.5, 0.6) is 5.75 Å². The molecule has 1 amide bonds. The molecule has 0 fully saturated rings. The van der Waals surface area contributed by atoms with Crippen LogP contribution in [0.4, 0.5) is 0 Å². The van der Waals surface area contributed by atoms with E-state index in [-0.39, 0.29) is 24.2 Å². The lowest BCUT2D eigenvalue weighted by Gasteiger charge is -2.15. The van der Waals surface area contributed by atoms with E-state index in [0.717, 1.165) is 23.6 Å². The third-order valence-corrected chi connectivity index (χ3v) is 4.41. The number of hydrogen-bond acceptors (Lipinski definition) is 5. The van der Waals surface area contributed by atoms with Gasteiger partial charge in [-0.3, -0.25) is 9.48 Å². The number of nitrogens with zero attached hydrogens (tertiary/aromatic N) is 3. The van der Waals surface area contributed by atoms with Gasteiger partial charge in [0.2, 0.25) is 0 Å². The number of rotatable bonds is 7. The first-order valence-electron chi connectivity index (χ1n) is 8.96. The zero-order valence-corrected chi connectivity index (χ0v) is 16.0. The maximum atomic E-state index is 12.7. The van der Waals surface area contributed by atoms with Gasteiger partial charge in [0, 0.05) is 12.7 Å². The van der Waals surface area contributed by atoms with Gasteiger partial charge in [0.25, 0.3) is 5.91 Å². The second-order valence-corrected chi connectivity index (χ2v) is 6.44. The molecule has 0 saturated carbocycles. The van der Waals surface area contributed by atoms with E-state index >= 15 is 0 Å². The molecule has 0 aliphatic rings. The van der Waals surface area contributed by atoms with Crippen molar-refractivity contribution in [3.8, 4) is 5.75 Å². The number of amides is 1. The lowest BCUT2D eigenvalue weighted by Crippen LogP contribution is -2.29. The number of benzene rings is 1. The van der Waals surface area contributed by atoms with E-state index in [1.165, 1.54) is 0 Å². The molecule has 3 rings (SSSR count). The molecule has 1 atom stereocenters. The lowest BCUT2D eigenvalue weighted by atomic mass is 10.1. The number of ether oxygens (including phenoxy) is 1. The van der Waals surface area contributed by atoms with E-state index in [2.05, 4.69) is 15.6 Å². The monoisotopic (exact) mass is 368 g/mol. The molecule has 0 bridgehead atoms. The van der Waals surface area contributed by atoms with Gasteiger partial charge in [0.1, 0.15) is 18.1 Å². The number of aryl methyl sites for hydroxylation is 3. The van der Waals surface area contributed by atoms with Crippen molar-refractivity contribution in [2.45, 2.75) is 46.9 Å². The molecule has 2 heterocycles. The summed E-state index contributed by atoms with van der Waals surface area (Å²) in [6, 6.07) is 9.43. The first kappa shape index (κ1) is 18.7. The fraction of sp³-hybridized carbons (Fsp3) is 0.350. The number of aromatic nitrogens is 3. The predicted octanol–water partition coefficient (Wildman–Crippen LogP) is 3.58. The molecule has 27 heavy (non-hydrogen) atoms. The van der Waals surface area contributed by atoms with Gasteiger partial charge in [-0.2, -0.15) is 5.10 Å². The number of hydrogen-bond donors (Lipinski definition) is 1. The van der Waals surface area contributed by atoms with Gasteiger partial charge in [-0.1, -0.05) is 17.3 Å². The highest BCUT2D eigenvalue weighted by Gasteiger charge is 2.23. The number of nitrogens with one attached hydrogen (secondary N) is 1. The van der Waals surface area contributed by atoms with Gasteiger partial charge in [-0.25, -0.2) is 0 Å². The van der Waals surface area contributed by atoms with Crippen LogP contribution in [0, 0.1) is 13.8 Å². The fourth-order valence-corrected chi connectivity index (χ4v) is 2.91. The normalized spacial score (nSPS) is 12.0. The van der Waals surface area contributed by atoms with Crippen molar-refractivity contribution >= 4 is 5.91 Å². The van der Waals surface area contributed by atoms with Gasteiger partial charge in [0.15, 0.2) is 5.69 Å². The summed E-state index contributed by atoms with van der Waals surface area (Å²) in [4.78, 5) is 12.7. The largest absolute Gasteiger partial charge is 0.489 e. The second-order valence-electron chi connectivity index (χ2n) is 6.44. The minimum absolute atomic E-state index is 0.206. The average Bonchev–Trinajstić information content (AvgIpc) is 3.26. The molecule has 3 aromatic rings. The lowest BCUT2D eigenvalue weighted by molar-refractivity contribution is 0.0927. The summed E-state index contributed by atoms with van der Waals surface area (Å²) in [5, 5.41) is 11.1. The van der Waals surface area contributed by atoms with Crippen molar-refractivity contribution < 1.29 is 14.1 Å². The highest BCUT2D eigenvalue weighted by atomic mass is 16.5. The summed E-state index contributed by atoms with van der Waals surface area (Å²) in [5.74, 6) is 1.01. The molecule has 1 aromatic carbocycles. The van der Waals surface area contributed by atoms with E-state index in [1.54, 1.807) is 13.1 Å². The molecule has 7 nitrogen and oxygen atoms in total. The van der Waals surface area contributed by atoms with E-state index in [9.17, 15) is 4.79 Å². The van der Waals surface area contributed by atoms with Crippen LogP contribution in [0.15, 0.2) is 41.1 Å². The van der Waals surface area contributed by atoms with Crippen molar-refractivity contribution in [1.29, 1.82) is 0 Å². The number of carbonyl (C=O) groups is 1. The molecule has 1 N–H and O–H groups in total. The Kier molecular flexibility index (Phi) is 5.59. The van der Waals surface area contributed by atoms with Crippen LogP contribution in [-0.4, -0.2) is 20.8 Å².